The minimum atomic E-state index is -0.133. The lowest BCUT2D eigenvalue weighted by molar-refractivity contribution is 0.217. The second kappa shape index (κ2) is 5.33. The normalized spacial score (nSPS) is 11.9. The molecule has 18 heavy (non-hydrogen) atoms. The van der Waals surface area contributed by atoms with Gasteiger partial charge in [-0.25, -0.2) is 5.84 Å². The summed E-state index contributed by atoms with van der Waals surface area (Å²) in [5.74, 6) is 6.19. The number of nitrogens with zero attached hydrogens (tertiary/aromatic N) is 2. The van der Waals surface area contributed by atoms with E-state index in [2.05, 4.69) is 15.4 Å². The highest BCUT2D eigenvalue weighted by Gasteiger charge is 2.09. The lowest BCUT2D eigenvalue weighted by atomic mass is 10.1. The predicted molar refractivity (Wildman–Crippen MR) is 69.7 cm³/mol. The van der Waals surface area contributed by atoms with E-state index in [-0.39, 0.29) is 12.1 Å². The summed E-state index contributed by atoms with van der Waals surface area (Å²) in [5.41, 5.74) is 9.01. The van der Waals surface area contributed by atoms with Gasteiger partial charge < -0.3 is 15.9 Å². The lowest BCUT2D eigenvalue weighted by Gasteiger charge is -2.14. The van der Waals surface area contributed by atoms with E-state index < -0.39 is 0 Å². The van der Waals surface area contributed by atoms with E-state index in [9.17, 15) is 0 Å². The van der Waals surface area contributed by atoms with Crippen LogP contribution in [0.2, 0.25) is 0 Å². The van der Waals surface area contributed by atoms with Gasteiger partial charge >= 0.3 is 0 Å². The smallest absolute Gasteiger partial charge is 0.225 e. The number of hydrogen-bond donors (Lipinski definition) is 3. The molecule has 1 unspecified atom stereocenters. The van der Waals surface area contributed by atoms with E-state index in [0.717, 1.165) is 5.56 Å². The van der Waals surface area contributed by atoms with Crippen LogP contribution in [0.5, 0.6) is 5.88 Å². The van der Waals surface area contributed by atoms with Crippen molar-refractivity contribution in [3.05, 3.63) is 42.0 Å². The fourth-order valence-corrected chi connectivity index (χ4v) is 1.55. The molecular weight excluding hydrogens is 230 g/mol. The van der Waals surface area contributed by atoms with Crippen LogP contribution in [0.4, 0.5) is 11.8 Å². The number of anilines is 2. The van der Waals surface area contributed by atoms with Crippen LogP contribution in [0.3, 0.4) is 0 Å². The number of nitrogens with one attached hydrogen (secondary N) is 1. The Bertz CT molecular complexity index is 517. The Balaban J connectivity index is 2.16. The monoisotopic (exact) mass is 245 g/mol. The van der Waals surface area contributed by atoms with Crippen LogP contribution in [-0.2, 0) is 0 Å². The van der Waals surface area contributed by atoms with Gasteiger partial charge in [-0.15, -0.1) is 0 Å². The molecule has 1 aromatic heterocycles. The molecule has 0 aliphatic carbocycles. The maximum atomic E-state index is 5.70. The van der Waals surface area contributed by atoms with Crippen molar-refractivity contribution in [1.82, 2.24) is 9.97 Å². The summed E-state index contributed by atoms with van der Waals surface area (Å²) < 4.78 is 5.70. The van der Waals surface area contributed by atoms with Crippen molar-refractivity contribution in [1.29, 1.82) is 0 Å². The van der Waals surface area contributed by atoms with Crippen molar-refractivity contribution in [3.8, 4) is 5.88 Å². The highest BCUT2D eigenvalue weighted by atomic mass is 16.5. The molecule has 0 amide bonds. The van der Waals surface area contributed by atoms with E-state index in [0.29, 0.717) is 11.7 Å². The highest BCUT2D eigenvalue weighted by molar-refractivity contribution is 5.41. The van der Waals surface area contributed by atoms with Gasteiger partial charge in [0.1, 0.15) is 11.9 Å². The third kappa shape index (κ3) is 2.86. The molecule has 0 radical (unpaired) electrons. The van der Waals surface area contributed by atoms with Gasteiger partial charge in [-0.3, -0.25) is 0 Å². The zero-order valence-electron chi connectivity index (χ0n) is 10.00. The topological polar surface area (TPSA) is 99.1 Å². The Morgan fingerprint density at radius 1 is 1.22 bits per heavy atom. The second-order valence-corrected chi connectivity index (χ2v) is 3.76. The summed E-state index contributed by atoms with van der Waals surface area (Å²) in [6.07, 6.45) is -0.133. The number of hydrogen-bond acceptors (Lipinski definition) is 6. The van der Waals surface area contributed by atoms with Gasteiger partial charge in [0.05, 0.1) is 0 Å². The first-order valence-electron chi connectivity index (χ1n) is 5.52. The maximum absolute atomic E-state index is 5.70. The molecule has 6 heteroatoms. The zero-order valence-corrected chi connectivity index (χ0v) is 10.00. The van der Waals surface area contributed by atoms with E-state index in [4.69, 9.17) is 16.3 Å². The average Bonchev–Trinajstić information content (AvgIpc) is 2.39. The number of benzene rings is 1. The zero-order chi connectivity index (χ0) is 13.0. The quantitative estimate of drug-likeness (QED) is 0.557. The average molecular weight is 245 g/mol. The van der Waals surface area contributed by atoms with Gasteiger partial charge in [-0.1, -0.05) is 30.3 Å². The summed E-state index contributed by atoms with van der Waals surface area (Å²) in [5, 5.41) is 0. The molecule has 0 spiro atoms. The van der Waals surface area contributed by atoms with Crippen molar-refractivity contribution in [2.75, 3.05) is 11.2 Å². The molecule has 0 saturated carbocycles. The van der Waals surface area contributed by atoms with Crippen LogP contribution in [0, 0.1) is 0 Å². The number of rotatable bonds is 4. The number of nitrogen functional groups attached to an aromatic ring is 2. The molecule has 6 nitrogen and oxygen atoms in total. The van der Waals surface area contributed by atoms with Crippen LogP contribution in [0.25, 0.3) is 0 Å². The fraction of sp³-hybridized carbons (Fsp3) is 0.167. The molecule has 2 rings (SSSR count). The summed E-state index contributed by atoms with van der Waals surface area (Å²) in [6.45, 7) is 1.93. The molecule has 1 heterocycles. The SMILES string of the molecule is CC(Oc1cc(NN)nc(N)n1)c1ccccc1. The van der Waals surface area contributed by atoms with Crippen molar-refractivity contribution < 1.29 is 4.74 Å². The summed E-state index contributed by atoms with van der Waals surface area (Å²) in [6, 6.07) is 11.4. The number of aromatic nitrogens is 2. The molecule has 94 valence electrons. The Morgan fingerprint density at radius 3 is 2.61 bits per heavy atom. The van der Waals surface area contributed by atoms with Crippen molar-refractivity contribution in [3.63, 3.8) is 0 Å². The highest BCUT2D eigenvalue weighted by Crippen LogP contribution is 2.21. The van der Waals surface area contributed by atoms with Crippen LogP contribution < -0.4 is 21.7 Å². The Kier molecular flexibility index (Phi) is 3.59. The fourth-order valence-electron chi connectivity index (χ4n) is 1.55. The van der Waals surface area contributed by atoms with Crippen LogP contribution in [-0.4, -0.2) is 9.97 Å². The van der Waals surface area contributed by atoms with Crippen LogP contribution in [0.15, 0.2) is 36.4 Å². The molecular formula is C12H15N5O. The van der Waals surface area contributed by atoms with Crippen LogP contribution >= 0.6 is 0 Å². The van der Waals surface area contributed by atoms with Crippen LogP contribution in [0.1, 0.15) is 18.6 Å². The predicted octanol–water partition coefficient (Wildman–Crippen LogP) is 1.48. The summed E-state index contributed by atoms with van der Waals surface area (Å²) in [7, 11) is 0. The first kappa shape index (κ1) is 12.1. The Labute approximate surface area is 105 Å². The van der Waals surface area contributed by atoms with Gasteiger partial charge in [-0.05, 0) is 12.5 Å². The lowest BCUT2D eigenvalue weighted by Crippen LogP contribution is -2.12. The molecule has 0 fully saturated rings. The first-order valence-corrected chi connectivity index (χ1v) is 5.52. The van der Waals surface area contributed by atoms with Gasteiger partial charge in [0.15, 0.2) is 0 Å². The van der Waals surface area contributed by atoms with Crippen molar-refractivity contribution in [2.24, 2.45) is 5.84 Å². The van der Waals surface area contributed by atoms with Gasteiger partial charge in [0, 0.05) is 6.07 Å². The maximum Gasteiger partial charge on any atom is 0.225 e. The summed E-state index contributed by atoms with van der Waals surface area (Å²) >= 11 is 0. The molecule has 5 N–H and O–H groups in total. The molecule has 2 aromatic rings. The molecule has 1 atom stereocenters. The van der Waals surface area contributed by atoms with E-state index in [1.165, 1.54) is 0 Å². The van der Waals surface area contributed by atoms with E-state index in [1.54, 1.807) is 6.07 Å². The van der Waals surface area contributed by atoms with E-state index >= 15 is 0 Å². The Hall–Kier alpha value is -2.34. The van der Waals surface area contributed by atoms with Gasteiger partial charge in [0.25, 0.3) is 0 Å². The van der Waals surface area contributed by atoms with Gasteiger partial charge in [-0.2, -0.15) is 9.97 Å². The molecule has 0 bridgehead atoms. The standard InChI is InChI=1S/C12H15N5O/c1-8(9-5-3-2-4-6-9)18-11-7-10(17-14)15-12(13)16-11/h2-8H,14H2,1H3,(H3,13,15,16,17). The van der Waals surface area contributed by atoms with E-state index in [1.807, 2.05) is 37.3 Å². The molecule has 0 saturated heterocycles. The van der Waals surface area contributed by atoms with Gasteiger partial charge in [0.2, 0.25) is 11.8 Å². The second-order valence-electron chi connectivity index (χ2n) is 3.76. The third-order valence-corrected chi connectivity index (χ3v) is 2.43. The minimum absolute atomic E-state index is 0.112. The Morgan fingerprint density at radius 2 is 1.94 bits per heavy atom. The number of ether oxygens (including phenoxy) is 1. The van der Waals surface area contributed by atoms with Crippen molar-refractivity contribution >= 4 is 11.8 Å². The molecule has 1 aromatic carbocycles. The first-order chi connectivity index (χ1) is 8.69. The van der Waals surface area contributed by atoms with Crippen molar-refractivity contribution in [2.45, 2.75) is 13.0 Å². The molecule has 0 aliphatic heterocycles. The largest absolute Gasteiger partial charge is 0.470 e. The third-order valence-electron chi connectivity index (χ3n) is 2.43. The number of hydrazine groups is 1. The molecule has 0 aliphatic rings. The number of nitrogens with two attached hydrogens (primary N) is 2. The minimum Gasteiger partial charge on any atom is -0.470 e. The summed E-state index contributed by atoms with van der Waals surface area (Å²) in [4.78, 5) is 7.88.